The van der Waals surface area contributed by atoms with Crippen LogP contribution in [0.4, 0.5) is 10.5 Å². The number of aromatic amines is 1. The summed E-state index contributed by atoms with van der Waals surface area (Å²) in [4.78, 5) is 17.5. The number of carbonyl (C=O) groups excluding carboxylic acids is 1. The van der Waals surface area contributed by atoms with Crippen LogP contribution in [0.3, 0.4) is 0 Å². The molecule has 0 aliphatic carbocycles. The summed E-state index contributed by atoms with van der Waals surface area (Å²) in [5.41, 5.74) is 4.17. The van der Waals surface area contributed by atoms with Crippen LogP contribution in [-0.4, -0.2) is 18.2 Å². The van der Waals surface area contributed by atoms with Crippen molar-refractivity contribution in [2.24, 2.45) is 0 Å². The second kappa shape index (κ2) is 5.93. The maximum absolute atomic E-state index is 12.4. The number of carbonyl (C=O) groups is 1. The van der Waals surface area contributed by atoms with Crippen LogP contribution in [0, 0.1) is 0 Å². The van der Waals surface area contributed by atoms with Crippen LogP contribution in [0.5, 0.6) is 0 Å². The SMILES string of the molecule is COC(=O)N1c2ccc(Br)cc2C[C@H]1c1c[nH]c2ccc(Br)cc12. The molecule has 2 heterocycles. The normalized spacial score (nSPS) is 16.5. The minimum Gasteiger partial charge on any atom is -0.452 e. The first-order valence-corrected chi connectivity index (χ1v) is 9.09. The van der Waals surface area contributed by atoms with Crippen molar-refractivity contribution in [2.45, 2.75) is 12.5 Å². The molecule has 3 aromatic rings. The Balaban J connectivity index is 1.87. The Kier molecular flexibility index (Phi) is 3.89. The van der Waals surface area contributed by atoms with E-state index in [9.17, 15) is 4.79 Å². The van der Waals surface area contributed by atoms with Crippen LogP contribution < -0.4 is 4.90 Å². The van der Waals surface area contributed by atoms with Crippen molar-refractivity contribution in [2.75, 3.05) is 12.0 Å². The molecule has 1 aliphatic rings. The summed E-state index contributed by atoms with van der Waals surface area (Å²) < 4.78 is 7.06. The average molecular weight is 450 g/mol. The van der Waals surface area contributed by atoms with Gasteiger partial charge >= 0.3 is 6.09 Å². The van der Waals surface area contributed by atoms with Gasteiger partial charge in [0.1, 0.15) is 0 Å². The lowest BCUT2D eigenvalue weighted by molar-refractivity contribution is 0.176. The Morgan fingerprint density at radius 2 is 1.96 bits per heavy atom. The van der Waals surface area contributed by atoms with Crippen LogP contribution in [0.25, 0.3) is 10.9 Å². The van der Waals surface area contributed by atoms with E-state index in [-0.39, 0.29) is 12.1 Å². The van der Waals surface area contributed by atoms with E-state index in [2.05, 4.69) is 49.0 Å². The van der Waals surface area contributed by atoms with E-state index in [1.54, 1.807) is 4.90 Å². The van der Waals surface area contributed by atoms with Crippen LogP contribution in [-0.2, 0) is 11.2 Å². The summed E-state index contributed by atoms with van der Waals surface area (Å²) in [5.74, 6) is 0. The van der Waals surface area contributed by atoms with Gasteiger partial charge in [0.05, 0.1) is 18.8 Å². The molecule has 1 aliphatic heterocycles. The van der Waals surface area contributed by atoms with Crippen molar-refractivity contribution >= 4 is 54.5 Å². The third kappa shape index (κ3) is 2.45. The number of amides is 1. The lowest BCUT2D eigenvalue weighted by Crippen LogP contribution is -2.31. The second-order valence-electron chi connectivity index (χ2n) is 5.77. The minimum absolute atomic E-state index is 0.0928. The number of hydrogen-bond acceptors (Lipinski definition) is 2. The van der Waals surface area contributed by atoms with E-state index >= 15 is 0 Å². The van der Waals surface area contributed by atoms with Crippen LogP contribution in [0.1, 0.15) is 17.2 Å². The molecule has 0 saturated heterocycles. The van der Waals surface area contributed by atoms with E-state index in [0.717, 1.165) is 43.1 Å². The fourth-order valence-corrected chi connectivity index (χ4v) is 4.15. The first-order valence-electron chi connectivity index (χ1n) is 7.50. The van der Waals surface area contributed by atoms with Crippen LogP contribution in [0.15, 0.2) is 51.5 Å². The van der Waals surface area contributed by atoms with Gasteiger partial charge in [0.25, 0.3) is 0 Å². The molecule has 6 heteroatoms. The van der Waals surface area contributed by atoms with Crippen molar-refractivity contribution in [3.63, 3.8) is 0 Å². The molecule has 4 nitrogen and oxygen atoms in total. The molecule has 0 bridgehead atoms. The molecule has 0 radical (unpaired) electrons. The standard InChI is InChI=1S/C18H14Br2N2O2/c1-24-18(23)22-16-5-3-11(19)6-10(16)7-17(22)14-9-21-15-4-2-12(20)8-13(14)15/h2-6,8-9,17,21H,7H2,1H3/t17-/m0/s1. The van der Waals surface area contributed by atoms with Gasteiger partial charge in [0, 0.05) is 31.6 Å². The van der Waals surface area contributed by atoms with Crippen molar-refractivity contribution in [1.29, 1.82) is 0 Å². The molecule has 0 unspecified atom stereocenters. The number of nitrogens with zero attached hydrogens (tertiary/aromatic N) is 1. The molecule has 1 aromatic heterocycles. The van der Waals surface area contributed by atoms with Gasteiger partial charge in [-0.3, -0.25) is 4.90 Å². The monoisotopic (exact) mass is 448 g/mol. The zero-order valence-corrected chi connectivity index (χ0v) is 16.0. The van der Waals surface area contributed by atoms with Gasteiger partial charge in [0.2, 0.25) is 0 Å². The maximum atomic E-state index is 12.4. The minimum atomic E-state index is -0.342. The molecular weight excluding hydrogens is 436 g/mol. The molecule has 2 aromatic carbocycles. The summed E-state index contributed by atoms with van der Waals surface area (Å²) in [6, 6.07) is 12.0. The quantitative estimate of drug-likeness (QED) is 0.528. The zero-order chi connectivity index (χ0) is 16.8. The number of rotatable bonds is 1. The number of nitrogens with one attached hydrogen (secondary N) is 1. The van der Waals surface area contributed by atoms with Gasteiger partial charge in [-0.1, -0.05) is 31.9 Å². The summed E-state index contributed by atoms with van der Waals surface area (Å²) in [7, 11) is 1.42. The van der Waals surface area contributed by atoms with Gasteiger partial charge in [-0.2, -0.15) is 0 Å². The van der Waals surface area contributed by atoms with E-state index < -0.39 is 0 Å². The van der Waals surface area contributed by atoms with Crippen molar-refractivity contribution in [3.8, 4) is 0 Å². The maximum Gasteiger partial charge on any atom is 0.414 e. The van der Waals surface area contributed by atoms with Crippen molar-refractivity contribution in [3.05, 3.63) is 62.7 Å². The average Bonchev–Trinajstić information content (AvgIpc) is 3.14. The highest BCUT2D eigenvalue weighted by Crippen LogP contribution is 2.43. The van der Waals surface area contributed by atoms with E-state index in [1.807, 2.05) is 30.5 Å². The molecule has 0 saturated carbocycles. The molecule has 122 valence electrons. The van der Waals surface area contributed by atoms with Crippen molar-refractivity contribution in [1.82, 2.24) is 4.98 Å². The molecule has 0 fully saturated rings. The molecule has 1 amide bonds. The number of fused-ring (bicyclic) bond motifs is 2. The number of methoxy groups -OCH3 is 1. The van der Waals surface area contributed by atoms with Gasteiger partial charge in [-0.25, -0.2) is 4.79 Å². The highest BCUT2D eigenvalue weighted by molar-refractivity contribution is 9.10. The van der Waals surface area contributed by atoms with Crippen LogP contribution in [0.2, 0.25) is 0 Å². The third-order valence-electron chi connectivity index (χ3n) is 4.43. The van der Waals surface area contributed by atoms with E-state index in [0.29, 0.717) is 0 Å². The summed E-state index contributed by atoms with van der Waals surface area (Å²) in [5, 5.41) is 1.11. The van der Waals surface area contributed by atoms with Gasteiger partial charge in [-0.05, 0) is 48.4 Å². The number of ether oxygens (including phenoxy) is 1. The Morgan fingerprint density at radius 3 is 2.75 bits per heavy atom. The molecular formula is C18H14Br2N2O2. The largest absolute Gasteiger partial charge is 0.452 e. The summed E-state index contributed by atoms with van der Waals surface area (Å²) in [6.45, 7) is 0. The molecule has 0 spiro atoms. The smallest absolute Gasteiger partial charge is 0.414 e. The molecule has 1 atom stereocenters. The fraction of sp³-hybridized carbons (Fsp3) is 0.167. The third-order valence-corrected chi connectivity index (χ3v) is 5.42. The highest BCUT2D eigenvalue weighted by Gasteiger charge is 2.36. The van der Waals surface area contributed by atoms with Crippen molar-refractivity contribution < 1.29 is 9.53 Å². The molecule has 24 heavy (non-hydrogen) atoms. The number of hydrogen-bond donors (Lipinski definition) is 1. The summed E-state index contributed by atoms with van der Waals surface area (Å²) >= 11 is 7.04. The fourth-order valence-electron chi connectivity index (χ4n) is 3.38. The zero-order valence-electron chi connectivity index (χ0n) is 12.8. The summed E-state index contributed by atoms with van der Waals surface area (Å²) in [6.07, 6.45) is 2.40. The van der Waals surface area contributed by atoms with Crippen LogP contribution >= 0.6 is 31.9 Å². The second-order valence-corrected chi connectivity index (χ2v) is 7.60. The number of anilines is 1. The number of aromatic nitrogens is 1. The number of H-pyrrole nitrogens is 1. The lowest BCUT2D eigenvalue weighted by atomic mass is 10.0. The highest BCUT2D eigenvalue weighted by atomic mass is 79.9. The van der Waals surface area contributed by atoms with Gasteiger partial charge < -0.3 is 9.72 Å². The molecule has 4 rings (SSSR count). The first-order chi connectivity index (χ1) is 11.6. The Morgan fingerprint density at radius 1 is 1.21 bits per heavy atom. The first kappa shape index (κ1) is 15.7. The Labute approximate surface area is 156 Å². The number of halogens is 2. The Bertz CT molecular complexity index is 951. The van der Waals surface area contributed by atoms with E-state index in [4.69, 9.17) is 4.74 Å². The predicted molar refractivity (Wildman–Crippen MR) is 101 cm³/mol. The van der Waals surface area contributed by atoms with Gasteiger partial charge in [0.15, 0.2) is 0 Å². The lowest BCUT2D eigenvalue weighted by Gasteiger charge is -2.24. The number of benzene rings is 2. The van der Waals surface area contributed by atoms with E-state index in [1.165, 1.54) is 7.11 Å². The Hall–Kier alpha value is -1.79. The molecule has 1 N–H and O–H groups in total. The van der Waals surface area contributed by atoms with Gasteiger partial charge in [-0.15, -0.1) is 0 Å². The predicted octanol–water partition coefficient (Wildman–Crippen LogP) is 5.56. The topological polar surface area (TPSA) is 45.3 Å².